The summed E-state index contributed by atoms with van der Waals surface area (Å²) in [6.45, 7) is 3.63. The van der Waals surface area contributed by atoms with Crippen molar-refractivity contribution in [3.8, 4) is 11.5 Å². The standard InChI is InChI=1S/C22H24N2O8S/c1-14-10-24(11-15(2)32-14)33(27,28)18-5-3-4-16(8-18)22(26)29-12-21(25)23-17-6-7-19-20(9-17)31-13-30-19/h3-9,14-15H,10-13H2,1-2H3,(H,23,25)/t14-,15-/m1/s1. The number of amides is 1. The van der Waals surface area contributed by atoms with Gasteiger partial charge in [-0.2, -0.15) is 4.31 Å². The van der Waals surface area contributed by atoms with Gasteiger partial charge in [0.15, 0.2) is 18.1 Å². The van der Waals surface area contributed by atoms with Gasteiger partial charge in [0.1, 0.15) is 0 Å². The van der Waals surface area contributed by atoms with Crippen LogP contribution < -0.4 is 14.8 Å². The zero-order valence-corrected chi connectivity index (χ0v) is 19.0. The maximum absolute atomic E-state index is 13.0. The van der Waals surface area contributed by atoms with E-state index in [4.69, 9.17) is 18.9 Å². The van der Waals surface area contributed by atoms with Gasteiger partial charge in [-0.15, -0.1) is 0 Å². The smallest absolute Gasteiger partial charge is 0.338 e. The quantitative estimate of drug-likeness (QED) is 0.629. The summed E-state index contributed by atoms with van der Waals surface area (Å²) in [5, 5.41) is 2.60. The lowest BCUT2D eigenvalue weighted by molar-refractivity contribution is -0.119. The molecule has 2 atom stereocenters. The average Bonchev–Trinajstić information content (AvgIpc) is 3.25. The Morgan fingerprint density at radius 2 is 1.79 bits per heavy atom. The van der Waals surface area contributed by atoms with Gasteiger partial charge in [0.25, 0.3) is 5.91 Å². The van der Waals surface area contributed by atoms with E-state index in [-0.39, 0.29) is 42.5 Å². The number of carbonyl (C=O) groups is 2. The lowest BCUT2D eigenvalue weighted by Crippen LogP contribution is -2.48. The van der Waals surface area contributed by atoms with E-state index in [1.54, 1.807) is 32.0 Å². The van der Waals surface area contributed by atoms with Crippen LogP contribution in [0.4, 0.5) is 5.69 Å². The predicted octanol–water partition coefficient (Wildman–Crippen LogP) is 2.01. The fourth-order valence-corrected chi connectivity index (χ4v) is 5.28. The van der Waals surface area contributed by atoms with E-state index in [1.165, 1.54) is 28.6 Å². The first-order valence-corrected chi connectivity index (χ1v) is 11.8. The molecule has 0 aromatic heterocycles. The number of rotatable bonds is 6. The highest BCUT2D eigenvalue weighted by Crippen LogP contribution is 2.34. The Morgan fingerprint density at radius 3 is 2.55 bits per heavy atom. The Balaban J connectivity index is 1.38. The van der Waals surface area contributed by atoms with Crippen LogP contribution in [0.1, 0.15) is 24.2 Å². The van der Waals surface area contributed by atoms with Gasteiger partial charge in [0.05, 0.1) is 22.7 Å². The van der Waals surface area contributed by atoms with E-state index in [0.29, 0.717) is 17.2 Å². The molecule has 2 aliphatic heterocycles. The molecule has 1 fully saturated rings. The number of anilines is 1. The lowest BCUT2D eigenvalue weighted by Gasteiger charge is -2.34. The summed E-state index contributed by atoms with van der Waals surface area (Å²) >= 11 is 0. The fourth-order valence-electron chi connectivity index (χ4n) is 3.65. The zero-order chi connectivity index (χ0) is 23.6. The van der Waals surface area contributed by atoms with Gasteiger partial charge in [-0.05, 0) is 44.2 Å². The minimum absolute atomic E-state index is 0.0249. The van der Waals surface area contributed by atoms with Gasteiger partial charge >= 0.3 is 5.97 Å². The summed E-state index contributed by atoms with van der Waals surface area (Å²) in [6.07, 6.45) is -0.472. The van der Waals surface area contributed by atoms with Crippen molar-refractivity contribution in [2.24, 2.45) is 0 Å². The SMILES string of the molecule is C[C@@H]1CN(S(=O)(=O)c2cccc(C(=O)OCC(=O)Nc3ccc4c(c3)OCO4)c2)C[C@@H](C)O1. The van der Waals surface area contributed by atoms with Crippen molar-refractivity contribution >= 4 is 27.6 Å². The molecule has 2 aliphatic rings. The number of hydrogen-bond donors (Lipinski definition) is 1. The fraction of sp³-hybridized carbons (Fsp3) is 0.364. The number of hydrogen-bond acceptors (Lipinski definition) is 8. The van der Waals surface area contributed by atoms with Gasteiger partial charge in [-0.25, -0.2) is 13.2 Å². The van der Waals surface area contributed by atoms with Crippen molar-refractivity contribution in [3.05, 3.63) is 48.0 Å². The Hall–Kier alpha value is -3.15. The molecule has 2 heterocycles. The first kappa shape index (κ1) is 23.0. The summed E-state index contributed by atoms with van der Waals surface area (Å²) in [5.41, 5.74) is 0.490. The van der Waals surface area contributed by atoms with Crippen LogP contribution in [0.2, 0.25) is 0 Å². The minimum atomic E-state index is -3.82. The molecular weight excluding hydrogens is 452 g/mol. The van der Waals surface area contributed by atoms with Crippen molar-refractivity contribution in [2.45, 2.75) is 31.0 Å². The second-order valence-electron chi connectivity index (χ2n) is 7.80. The number of esters is 1. The number of ether oxygens (including phenoxy) is 4. The summed E-state index contributed by atoms with van der Waals surface area (Å²) in [5.74, 6) is -0.277. The Kier molecular flexibility index (Phi) is 6.54. The van der Waals surface area contributed by atoms with Crippen LogP contribution in [0.3, 0.4) is 0 Å². The molecule has 1 N–H and O–H groups in total. The van der Waals surface area contributed by atoms with Crippen LogP contribution in [-0.2, 0) is 24.3 Å². The molecule has 2 aromatic carbocycles. The molecule has 1 saturated heterocycles. The maximum atomic E-state index is 13.0. The van der Waals surface area contributed by atoms with Crippen molar-refractivity contribution in [1.29, 1.82) is 0 Å². The Morgan fingerprint density at radius 1 is 1.06 bits per heavy atom. The van der Waals surface area contributed by atoms with Crippen LogP contribution in [0.15, 0.2) is 47.4 Å². The molecule has 2 aromatic rings. The van der Waals surface area contributed by atoms with Crippen LogP contribution in [0, 0.1) is 0 Å². The van der Waals surface area contributed by atoms with Gasteiger partial charge in [-0.3, -0.25) is 4.79 Å². The van der Waals surface area contributed by atoms with Crippen LogP contribution in [0.5, 0.6) is 11.5 Å². The molecule has 0 bridgehead atoms. The second kappa shape index (κ2) is 9.38. The number of morpholine rings is 1. The maximum Gasteiger partial charge on any atom is 0.338 e. The Labute approximate surface area is 191 Å². The first-order chi connectivity index (χ1) is 15.7. The third-order valence-corrected chi connectivity index (χ3v) is 6.91. The summed E-state index contributed by atoms with van der Waals surface area (Å²) in [4.78, 5) is 24.6. The van der Waals surface area contributed by atoms with E-state index in [0.717, 1.165) is 0 Å². The predicted molar refractivity (Wildman–Crippen MR) is 117 cm³/mol. The molecule has 4 rings (SSSR count). The third kappa shape index (κ3) is 5.27. The number of nitrogens with zero attached hydrogens (tertiary/aromatic N) is 1. The van der Waals surface area contributed by atoms with Crippen molar-refractivity contribution < 1.29 is 37.0 Å². The highest BCUT2D eigenvalue weighted by molar-refractivity contribution is 7.89. The van der Waals surface area contributed by atoms with E-state index in [1.807, 2.05) is 0 Å². The topological polar surface area (TPSA) is 120 Å². The Bertz CT molecular complexity index is 1160. The number of benzene rings is 2. The zero-order valence-electron chi connectivity index (χ0n) is 18.1. The third-order valence-electron chi connectivity index (χ3n) is 5.08. The lowest BCUT2D eigenvalue weighted by atomic mass is 10.2. The van der Waals surface area contributed by atoms with E-state index in [9.17, 15) is 18.0 Å². The number of fused-ring (bicyclic) bond motifs is 1. The van der Waals surface area contributed by atoms with Crippen molar-refractivity contribution in [2.75, 3.05) is 31.8 Å². The van der Waals surface area contributed by atoms with Crippen molar-refractivity contribution in [3.63, 3.8) is 0 Å². The van der Waals surface area contributed by atoms with Gasteiger partial charge in [0.2, 0.25) is 16.8 Å². The minimum Gasteiger partial charge on any atom is -0.454 e. The largest absolute Gasteiger partial charge is 0.454 e. The van der Waals surface area contributed by atoms with Crippen LogP contribution >= 0.6 is 0 Å². The number of sulfonamides is 1. The molecule has 0 unspecified atom stereocenters. The van der Waals surface area contributed by atoms with E-state index in [2.05, 4.69) is 5.32 Å². The molecule has 0 spiro atoms. The van der Waals surface area contributed by atoms with Crippen molar-refractivity contribution in [1.82, 2.24) is 4.31 Å². The first-order valence-electron chi connectivity index (χ1n) is 10.3. The molecule has 0 saturated carbocycles. The monoisotopic (exact) mass is 476 g/mol. The molecule has 11 heteroatoms. The molecule has 33 heavy (non-hydrogen) atoms. The average molecular weight is 477 g/mol. The molecule has 176 valence electrons. The van der Waals surface area contributed by atoms with Gasteiger partial charge in [-0.1, -0.05) is 6.07 Å². The normalized spacial score (nSPS) is 20.3. The van der Waals surface area contributed by atoms with Gasteiger partial charge in [0, 0.05) is 24.8 Å². The van der Waals surface area contributed by atoms with E-state index < -0.39 is 28.5 Å². The highest BCUT2D eigenvalue weighted by atomic mass is 32.2. The molecule has 0 radical (unpaired) electrons. The molecule has 10 nitrogen and oxygen atoms in total. The summed E-state index contributed by atoms with van der Waals surface area (Å²) in [6, 6.07) is 10.5. The van der Waals surface area contributed by atoms with Crippen LogP contribution in [-0.4, -0.2) is 63.3 Å². The second-order valence-corrected chi connectivity index (χ2v) is 9.74. The van der Waals surface area contributed by atoms with Crippen LogP contribution in [0.25, 0.3) is 0 Å². The summed E-state index contributed by atoms with van der Waals surface area (Å²) in [7, 11) is -3.82. The number of nitrogens with one attached hydrogen (secondary N) is 1. The summed E-state index contributed by atoms with van der Waals surface area (Å²) < 4.78 is 48.5. The molecule has 1 amide bonds. The van der Waals surface area contributed by atoms with Gasteiger partial charge < -0.3 is 24.3 Å². The molecular formula is C22H24N2O8S. The van der Waals surface area contributed by atoms with E-state index >= 15 is 0 Å². The highest BCUT2D eigenvalue weighted by Gasteiger charge is 2.32. The number of carbonyl (C=O) groups excluding carboxylic acids is 2. The molecule has 0 aliphatic carbocycles.